The van der Waals surface area contributed by atoms with Gasteiger partial charge in [-0.3, -0.25) is 10.1 Å². The molecule has 0 fully saturated rings. The molecule has 1 amide bonds. The first-order valence-electron chi connectivity index (χ1n) is 4.94. The van der Waals surface area contributed by atoms with E-state index in [1.807, 2.05) is 0 Å². The Bertz CT molecular complexity index is 734. The van der Waals surface area contributed by atoms with Crippen LogP contribution in [-0.2, 0) is 9.05 Å². The Morgan fingerprint density at radius 3 is 2.63 bits per heavy atom. The van der Waals surface area contributed by atoms with Gasteiger partial charge in [-0.25, -0.2) is 13.4 Å². The second-order valence-electron chi connectivity index (χ2n) is 3.62. The molecule has 0 unspecified atom stereocenters. The molecule has 102 valence electrons. The molecule has 2 aromatic rings. The van der Waals surface area contributed by atoms with Gasteiger partial charge >= 0.3 is 0 Å². The van der Waals surface area contributed by atoms with Crippen molar-refractivity contribution in [1.29, 1.82) is 0 Å². The largest absolute Gasteiger partial charge is 0.351 e. The first-order valence-corrected chi connectivity index (χ1v) is 8.06. The molecule has 0 saturated heterocycles. The van der Waals surface area contributed by atoms with Crippen molar-refractivity contribution in [1.82, 2.24) is 10.1 Å². The third kappa shape index (κ3) is 3.11. The van der Waals surface area contributed by atoms with Crippen LogP contribution in [0, 0.1) is 13.8 Å². The standard InChI is InChI=1S/C9H8ClN3O4S2/c1-4-3-6(17-13-4)7(14)12-9-11-5(2)8(18-9)19(10,15)16/h3H,1-2H3,(H,11,12,14). The van der Waals surface area contributed by atoms with Crippen molar-refractivity contribution in [3.8, 4) is 0 Å². The highest BCUT2D eigenvalue weighted by atomic mass is 35.7. The van der Waals surface area contributed by atoms with Gasteiger partial charge in [0, 0.05) is 16.7 Å². The molecular weight excluding hydrogens is 314 g/mol. The predicted octanol–water partition coefficient (Wildman–Crippen LogP) is 1.93. The molecule has 0 saturated carbocycles. The summed E-state index contributed by atoms with van der Waals surface area (Å²) in [5.41, 5.74) is 0.786. The Hall–Kier alpha value is -1.45. The zero-order chi connectivity index (χ0) is 14.2. The van der Waals surface area contributed by atoms with Crippen LogP contribution in [0.2, 0.25) is 0 Å². The Balaban J connectivity index is 2.23. The molecule has 19 heavy (non-hydrogen) atoms. The maximum Gasteiger partial charge on any atom is 0.296 e. The van der Waals surface area contributed by atoms with Crippen molar-refractivity contribution in [3.63, 3.8) is 0 Å². The number of nitrogens with one attached hydrogen (secondary N) is 1. The molecule has 0 aliphatic carbocycles. The molecule has 0 radical (unpaired) electrons. The SMILES string of the molecule is Cc1cc(C(=O)Nc2nc(C)c(S(=O)(=O)Cl)s2)on1. The average Bonchev–Trinajstić information content (AvgIpc) is 2.84. The van der Waals surface area contributed by atoms with Crippen LogP contribution in [-0.4, -0.2) is 24.5 Å². The topological polar surface area (TPSA) is 102 Å². The quantitative estimate of drug-likeness (QED) is 0.866. The number of thiazole rings is 1. The number of amides is 1. The van der Waals surface area contributed by atoms with E-state index in [0.29, 0.717) is 5.69 Å². The normalized spacial score (nSPS) is 11.5. The molecule has 2 rings (SSSR count). The maximum absolute atomic E-state index is 11.7. The van der Waals surface area contributed by atoms with Gasteiger partial charge in [0.05, 0.1) is 11.4 Å². The van der Waals surface area contributed by atoms with Gasteiger partial charge < -0.3 is 4.52 Å². The smallest absolute Gasteiger partial charge is 0.296 e. The van der Waals surface area contributed by atoms with E-state index in [1.165, 1.54) is 13.0 Å². The molecule has 10 heteroatoms. The fourth-order valence-corrected chi connectivity index (χ4v) is 3.64. The van der Waals surface area contributed by atoms with Crippen LogP contribution in [0.3, 0.4) is 0 Å². The van der Waals surface area contributed by atoms with E-state index in [4.69, 9.17) is 15.2 Å². The second kappa shape index (κ2) is 4.91. The third-order valence-electron chi connectivity index (χ3n) is 2.05. The van der Waals surface area contributed by atoms with Gasteiger partial charge in [0.15, 0.2) is 9.34 Å². The average molecular weight is 322 g/mol. The van der Waals surface area contributed by atoms with Crippen LogP contribution in [0.25, 0.3) is 0 Å². The first kappa shape index (κ1) is 14.0. The predicted molar refractivity (Wildman–Crippen MR) is 69.1 cm³/mol. The number of carbonyl (C=O) groups is 1. The molecule has 2 aromatic heterocycles. The van der Waals surface area contributed by atoms with Gasteiger partial charge in [0.25, 0.3) is 15.0 Å². The highest BCUT2D eigenvalue weighted by molar-refractivity contribution is 8.15. The van der Waals surface area contributed by atoms with Crippen LogP contribution in [0.4, 0.5) is 5.13 Å². The molecule has 0 aliphatic heterocycles. The lowest BCUT2D eigenvalue weighted by atomic mass is 10.4. The number of aryl methyl sites for hydroxylation is 2. The number of hydrogen-bond acceptors (Lipinski definition) is 7. The van der Waals surface area contributed by atoms with Gasteiger partial charge in [0.1, 0.15) is 0 Å². The Kier molecular flexibility index (Phi) is 3.61. The molecule has 1 N–H and O–H groups in total. The molecule has 7 nitrogen and oxygen atoms in total. The summed E-state index contributed by atoms with van der Waals surface area (Å²) in [7, 11) is 1.37. The van der Waals surface area contributed by atoms with Gasteiger partial charge in [-0.05, 0) is 13.8 Å². The van der Waals surface area contributed by atoms with E-state index < -0.39 is 15.0 Å². The van der Waals surface area contributed by atoms with Crippen molar-refractivity contribution >= 4 is 42.1 Å². The van der Waals surface area contributed by atoms with Gasteiger partial charge in [0.2, 0.25) is 5.76 Å². The van der Waals surface area contributed by atoms with Crippen molar-refractivity contribution in [2.24, 2.45) is 0 Å². The summed E-state index contributed by atoms with van der Waals surface area (Å²) in [6.45, 7) is 3.16. The van der Waals surface area contributed by atoms with E-state index in [1.54, 1.807) is 6.92 Å². The molecule has 0 aliphatic rings. The Morgan fingerprint density at radius 1 is 1.47 bits per heavy atom. The minimum Gasteiger partial charge on any atom is -0.351 e. The molecule has 0 atom stereocenters. The summed E-state index contributed by atoms with van der Waals surface area (Å²) < 4.78 is 27.1. The van der Waals surface area contributed by atoms with Crippen LogP contribution in [0.1, 0.15) is 21.9 Å². The summed E-state index contributed by atoms with van der Waals surface area (Å²) in [6.07, 6.45) is 0. The monoisotopic (exact) mass is 321 g/mol. The highest BCUT2D eigenvalue weighted by Gasteiger charge is 2.21. The van der Waals surface area contributed by atoms with Gasteiger partial charge in [-0.2, -0.15) is 0 Å². The summed E-state index contributed by atoms with van der Waals surface area (Å²) in [5.74, 6) is -0.548. The second-order valence-corrected chi connectivity index (χ2v) is 7.38. The fraction of sp³-hybridized carbons (Fsp3) is 0.222. The van der Waals surface area contributed by atoms with Crippen LogP contribution in [0.5, 0.6) is 0 Å². The van der Waals surface area contributed by atoms with E-state index in [-0.39, 0.29) is 20.8 Å². The minimum atomic E-state index is -3.87. The van der Waals surface area contributed by atoms with Crippen LogP contribution >= 0.6 is 22.0 Å². The number of hydrogen-bond donors (Lipinski definition) is 1. The Labute approximate surface area is 117 Å². The highest BCUT2D eigenvalue weighted by Crippen LogP contribution is 2.29. The summed E-state index contributed by atoms with van der Waals surface area (Å²) >= 11 is 0.771. The lowest BCUT2D eigenvalue weighted by Crippen LogP contribution is -2.10. The van der Waals surface area contributed by atoms with Gasteiger partial charge in [-0.1, -0.05) is 16.5 Å². The number of nitrogens with zero attached hydrogens (tertiary/aromatic N) is 2. The van der Waals surface area contributed by atoms with E-state index in [9.17, 15) is 13.2 Å². The van der Waals surface area contributed by atoms with Crippen LogP contribution in [0.15, 0.2) is 14.8 Å². The zero-order valence-corrected chi connectivity index (χ0v) is 12.2. The van der Waals surface area contributed by atoms with Crippen LogP contribution < -0.4 is 5.32 Å². The zero-order valence-electron chi connectivity index (χ0n) is 9.80. The summed E-state index contributed by atoms with van der Waals surface area (Å²) in [4.78, 5) is 15.6. The van der Waals surface area contributed by atoms with Crippen molar-refractivity contribution in [2.75, 3.05) is 5.32 Å². The van der Waals surface area contributed by atoms with Gasteiger partial charge in [-0.15, -0.1) is 0 Å². The van der Waals surface area contributed by atoms with E-state index in [0.717, 1.165) is 11.3 Å². The molecule has 0 spiro atoms. The van der Waals surface area contributed by atoms with Crippen molar-refractivity contribution in [3.05, 3.63) is 23.2 Å². The Morgan fingerprint density at radius 2 is 2.16 bits per heavy atom. The van der Waals surface area contributed by atoms with E-state index in [2.05, 4.69) is 15.5 Å². The minimum absolute atomic E-state index is 0.0145. The first-order chi connectivity index (χ1) is 8.77. The van der Waals surface area contributed by atoms with Crippen molar-refractivity contribution < 1.29 is 17.7 Å². The lowest BCUT2D eigenvalue weighted by molar-refractivity contribution is 0.0988. The fourth-order valence-electron chi connectivity index (χ4n) is 1.29. The number of rotatable bonds is 3. The lowest BCUT2D eigenvalue weighted by Gasteiger charge is -1.95. The molecule has 0 bridgehead atoms. The van der Waals surface area contributed by atoms with E-state index >= 15 is 0 Å². The summed E-state index contributed by atoms with van der Waals surface area (Å²) in [5, 5.41) is 6.11. The third-order valence-corrected chi connectivity index (χ3v) is 5.30. The molecule has 0 aromatic carbocycles. The number of carbonyl (C=O) groups excluding carboxylic acids is 1. The van der Waals surface area contributed by atoms with Crippen molar-refractivity contribution in [2.45, 2.75) is 18.1 Å². The summed E-state index contributed by atoms with van der Waals surface area (Å²) in [6, 6.07) is 1.45. The number of aromatic nitrogens is 2. The molecular formula is C9H8ClN3O4S2. The molecule has 2 heterocycles. The number of anilines is 1. The maximum atomic E-state index is 11.7. The number of halogens is 1.